The number of nitrogens with zero attached hydrogens (tertiary/aromatic N) is 1. The Bertz CT molecular complexity index is 113. The van der Waals surface area contributed by atoms with Crippen LogP contribution in [0.15, 0.2) is 0 Å². The molecule has 1 atom stereocenters. The third kappa shape index (κ3) is 6.05. The molecule has 13 heavy (non-hydrogen) atoms. The highest BCUT2D eigenvalue weighted by molar-refractivity contribution is 4.70. The van der Waals surface area contributed by atoms with E-state index in [2.05, 4.69) is 32.7 Å². The molecule has 0 saturated carbocycles. The van der Waals surface area contributed by atoms with Crippen molar-refractivity contribution < 1.29 is 0 Å². The fourth-order valence-corrected chi connectivity index (χ4v) is 1.59. The molecule has 0 aromatic carbocycles. The molecule has 0 heterocycles. The van der Waals surface area contributed by atoms with E-state index >= 15 is 0 Å². The van der Waals surface area contributed by atoms with Crippen molar-refractivity contribution in [1.29, 1.82) is 0 Å². The Balaban J connectivity index is 3.77. The van der Waals surface area contributed by atoms with E-state index in [9.17, 15) is 0 Å². The van der Waals surface area contributed by atoms with Gasteiger partial charge < -0.3 is 10.6 Å². The SMILES string of the molecule is CCCCN(C)C(CN)CC(C)C. The molecule has 0 saturated heterocycles. The number of hydrogen-bond donors (Lipinski definition) is 1. The lowest BCUT2D eigenvalue weighted by Gasteiger charge is -2.28. The van der Waals surface area contributed by atoms with Gasteiger partial charge >= 0.3 is 0 Å². The van der Waals surface area contributed by atoms with Gasteiger partial charge in [0.05, 0.1) is 0 Å². The Morgan fingerprint density at radius 1 is 1.31 bits per heavy atom. The first-order valence-electron chi connectivity index (χ1n) is 5.52. The molecule has 80 valence electrons. The maximum Gasteiger partial charge on any atom is 0.0217 e. The minimum Gasteiger partial charge on any atom is -0.329 e. The van der Waals surface area contributed by atoms with Crippen molar-refractivity contribution >= 4 is 0 Å². The first-order chi connectivity index (χ1) is 6.11. The second kappa shape index (κ2) is 7.34. The van der Waals surface area contributed by atoms with E-state index in [4.69, 9.17) is 5.73 Å². The lowest BCUT2D eigenvalue weighted by molar-refractivity contribution is 0.215. The van der Waals surface area contributed by atoms with Gasteiger partial charge in [-0.25, -0.2) is 0 Å². The zero-order chi connectivity index (χ0) is 10.3. The number of rotatable bonds is 7. The normalized spacial score (nSPS) is 14.1. The Morgan fingerprint density at radius 2 is 1.92 bits per heavy atom. The van der Waals surface area contributed by atoms with Crippen molar-refractivity contribution in [2.24, 2.45) is 11.7 Å². The van der Waals surface area contributed by atoms with Gasteiger partial charge in [0.15, 0.2) is 0 Å². The van der Waals surface area contributed by atoms with Crippen LogP contribution in [0, 0.1) is 5.92 Å². The van der Waals surface area contributed by atoms with Crippen molar-refractivity contribution in [2.45, 2.75) is 46.1 Å². The van der Waals surface area contributed by atoms with Gasteiger partial charge in [0.1, 0.15) is 0 Å². The predicted molar refractivity (Wildman–Crippen MR) is 59.8 cm³/mol. The number of unbranched alkanes of at least 4 members (excludes halogenated alkanes) is 1. The van der Waals surface area contributed by atoms with Crippen LogP contribution < -0.4 is 5.73 Å². The van der Waals surface area contributed by atoms with Crippen molar-refractivity contribution in [3.05, 3.63) is 0 Å². The summed E-state index contributed by atoms with van der Waals surface area (Å²) in [5.41, 5.74) is 5.75. The molecule has 0 aliphatic carbocycles. The molecule has 0 radical (unpaired) electrons. The fraction of sp³-hybridized carbons (Fsp3) is 1.00. The molecule has 2 N–H and O–H groups in total. The van der Waals surface area contributed by atoms with Crippen LogP contribution in [0.3, 0.4) is 0 Å². The maximum atomic E-state index is 5.75. The number of likely N-dealkylation sites (N-methyl/N-ethyl adjacent to an activating group) is 1. The van der Waals surface area contributed by atoms with E-state index in [1.165, 1.54) is 25.8 Å². The van der Waals surface area contributed by atoms with Gasteiger partial charge in [0.25, 0.3) is 0 Å². The Kier molecular flexibility index (Phi) is 7.29. The minimum atomic E-state index is 0.576. The zero-order valence-electron chi connectivity index (χ0n) is 9.71. The summed E-state index contributed by atoms with van der Waals surface area (Å²) >= 11 is 0. The molecule has 0 aromatic heterocycles. The van der Waals surface area contributed by atoms with Crippen molar-refractivity contribution in [3.63, 3.8) is 0 Å². The molecule has 2 nitrogen and oxygen atoms in total. The maximum absolute atomic E-state index is 5.75. The smallest absolute Gasteiger partial charge is 0.0217 e. The molecule has 0 aromatic rings. The van der Waals surface area contributed by atoms with Crippen LogP contribution in [0.4, 0.5) is 0 Å². The molecule has 2 heteroatoms. The average Bonchev–Trinajstić information content (AvgIpc) is 2.09. The topological polar surface area (TPSA) is 29.3 Å². The summed E-state index contributed by atoms with van der Waals surface area (Å²) in [5, 5.41) is 0. The molecule has 0 rings (SSSR count). The van der Waals surface area contributed by atoms with Crippen LogP contribution in [0.5, 0.6) is 0 Å². The Morgan fingerprint density at radius 3 is 2.31 bits per heavy atom. The van der Waals surface area contributed by atoms with Crippen molar-refractivity contribution in [2.75, 3.05) is 20.1 Å². The number of nitrogens with two attached hydrogens (primary N) is 1. The molecule has 1 unspecified atom stereocenters. The highest BCUT2D eigenvalue weighted by Crippen LogP contribution is 2.09. The highest BCUT2D eigenvalue weighted by atomic mass is 15.1. The molecular weight excluding hydrogens is 160 g/mol. The van der Waals surface area contributed by atoms with E-state index in [-0.39, 0.29) is 0 Å². The van der Waals surface area contributed by atoms with Gasteiger partial charge in [0.2, 0.25) is 0 Å². The first kappa shape index (κ1) is 12.9. The summed E-state index contributed by atoms with van der Waals surface area (Å²) in [6.45, 7) is 8.73. The summed E-state index contributed by atoms with van der Waals surface area (Å²) < 4.78 is 0. The third-order valence-electron chi connectivity index (χ3n) is 2.50. The average molecular weight is 186 g/mol. The van der Waals surface area contributed by atoms with Gasteiger partial charge in [-0.15, -0.1) is 0 Å². The largest absolute Gasteiger partial charge is 0.329 e. The molecule has 0 bridgehead atoms. The summed E-state index contributed by atoms with van der Waals surface area (Å²) in [6, 6.07) is 0.576. The minimum absolute atomic E-state index is 0.576. The molecular formula is C11H26N2. The van der Waals surface area contributed by atoms with Crippen molar-refractivity contribution in [1.82, 2.24) is 4.90 Å². The van der Waals surface area contributed by atoms with E-state index in [0.29, 0.717) is 6.04 Å². The Labute approximate surface area is 83.5 Å². The fourth-order valence-electron chi connectivity index (χ4n) is 1.59. The second-order valence-electron chi connectivity index (χ2n) is 4.35. The summed E-state index contributed by atoms with van der Waals surface area (Å²) in [7, 11) is 2.19. The summed E-state index contributed by atoms with van der Waals surface area (Å²) in [5.74, 6) is 0.748. The summed E-state index contributed by atoms with van der Waals surface area (Å²) in [6.07, 6.45) is 3.77. The van der Waals surface area contributed by atoms with Crippen LogP contribution in [-0.4, -0.2) is 31.1 Å². The van der Waals surface area contributed by atoms with E-state index in [1.54, 1.807) is 0 Å². The van der Waals surface area contributed by atoms with Crippen LogP contribution in [0.1, 0.15) is 40.0 Å². The van der Waals surface area contributed by atoms with Gasteiger partial charge in [-0.1, -0.05) is 27.2 Å². The predicted octanol–water partition coefficient (Wildman–Crippen LogP) is 2.09. The molecule has 0 aliphatic rings. The monoisotopic (exact) mass is 186 g/mol. The molecule has 0 fully saturated rings. The number of hydrogen-bond acceptors (Lipinski definition) is 2. The first-order valence-corrected chi connectivity index (χ1v) is 5.52. The van der Waals surface area contributed by atoms with Crippen molar-refractivity contribution in [3.8, 4) is 0 Å². The van der Waals surface area contributed by atoms with Gasteiger partial charge in [-0.05, 0) is 32.4 Å². The Hall–Kier alpha value is -0.0800. The molecule has 0 spiro atoms. The van der Waals surface area contributed by atoms with Crippen LogP contribution in [0.2, 0.25) is 0 Å². The van der Waals surface area contributed by atoms with Gasteiger partial charge in [-0.2, -0.15) is 0 Å². The van der Waals surface area contributed by atoms with Crippen LogP contribution in [-0.2, 0) is 0 Å². The quantitative estimate of drug-likeness (QED) is 0.659. The lowest BCUT2D eigenvalue weighted by Crippen LogP contribution is -2.39. The standard InChI is InChI=1S/C11H26N2/c1-5-6-7-13(4)11(9-12)8-10(2)3/h10-11H,5-9,12H2,1-4H3. The van der Waals surface area contributed by atoms with Gasteiger partial charge in [-0.3, -0.25) is 0 Å². The third-order valence-corrected chi connectivity index (χ3v) is 2.50. The molecule has 0 amide bonds. The zero-order valence-corrected chi connectivity index (χ0v) is 9.71. The molecule has 0 aliphatic heterocycles. The highest BCUT2D eigenvalue weighted by Gasteiger charge is 2.13. The second-order valence-corrected chi connectivity index (χ2v) is 4.35. The van der Waals surface area contributed by atoms with Crippen LogP contribution >= 0.6 is 0 Å². The lowest BCUT2D eigenvalue weighted by atomic mass is 10.0. The van der Waals surface area contributed by atoms with Crippen LogP contribution in [0.25, 0.3) is 0 Å². The summed E-state index contributed by atoms with van der Waals surface area (Å²) in [4.78, 5) is 2.41. The van der Waals surface area contributed by atoms with E-state index in [1.807, 2.05) is 0 Å². The van der Waals surface area contributed by atoms with Gasteiger partial charge in [0, 0.05) is 12.6 Å². The van der Waals surface area contributed by atoms with E-state index < -0.39 is 0 Å². The van der Waals surface area contributed by atoms with E-state index in [0.717, 1.165) is 12.5 Å².